The molecule has 138 valence electrons. The van der Waals surface area contributed by atoms with E-state index < -0.39 is 10.0 Å². The second-order valence-corrected chi connectivity index (χ2v) is 11.3. The summed E-state index contributed by atoms with van der Waals surface area (Å²) in [4.78, 5) is 13.0. The van der Waals surface area contributed by atoms with Gasteiger partial charge in [0.25, 0.3) is 0 Å². The van der Waals surface area contributed by atoms with Crippen molar-refractivity contribution in [3.05, 3.63) is 0 Å². The van der Waals surface area contributed by atoms with Gasteiger partial charge in [0, 0.05) is 11.3 Å². The number of carbonyl (C=O) groups is 1. The summed E-state index contributed by atoms with van der Waals surface area (Å²) in [5.41, 5.74) is -0.176. The second-order valence-electron chi connectivity index (χ2n) is 9.48. The van der Waals surface area contributed by atoms with E-state index in [1.165, 1.54) is 4.31 Å². The Hall–Kier alpha value is -0.580. The lowest BCUT2D eigenvalue weighted by Gasteiger charge is -2.37. The lowest BCUT2D eigenvalue weighted by atomic mass is 9.69. The maximum absolute atomic E-state index is 13.0. The average molecular weight is 356 g/mol. The Morgan fingerprint density at radius 3 is 2.46 bits per heavy atom. The fraction of sp³-hybridized carbons (Fsp3) is 0.947. The summed E-state index contributed by atoms with van der Waals surface area (Å²) in [7, 11) is -3.46. The van der Waals surface area contributed by atoms with Crippen molar-refractivity contribution >= 4 is 15.9 Å². The zero-order valence-electron chi connectivity index (χ0n) is 15.8. The molecule has 0 aromatic heterocycles. The van der Waals surface area contributed by atoms with Crippen LogP contribution in [0.25, 0.3) is 0 Å². The molecule has 24 heavy (non-hydrogen) atoms. The van der Waals surface area contributed by atoms with E-state index in [0.717, 1.165) is 38.5 Å². The summed E-state index contributed by atoms with van der Waals surface area (Å²) >= 11 is 0. The van der Waals surface area contributed by atoms with E-state index in [4.69, 9.17) is 0 Å². The summed E-state index contributed by atoms with van der Waals surface area (Å²) < 4.78 is 27.1. The molecule has 4 nitrogen and oxygen atoms in total. The molecule has 2 aliphatic carbocycles. The molecule has 4 atom stereocenters. The average Bonchev–Trinajstić information content (AvgIpc) is 2.93. The van der Waals surface area contributed by atoms with E-state index in [1.807, 2.05) is 6.92 Å². The van der Waals surface area contributed by atoms with E-state index in [2.05, 4.69) is 27.7 Å². The first-order valence-electron chi connectivity index (χ1n) is 9.59. The summed E-state index contributed by atoms with van der Waals surface area (Å²) in [6, 6.07) is -0.0868. The van der Waals surface area contributed by atoms with Gasteiger partial charge in [0.1, 0.15) is 0 Å². The Bertz CT molecular complexity index is 625. The summed E-state index contributed by atoms with van der Waals surface area (Å²) in [5, 5.41) is 0. The molecule has 5 heteroatoms. The lowest BCUT2D eigenvalue weighted by molar-refractivity contribution is -0.133. The predicted octanol–water partition coefficient (Wildman–Crippen LogP) is 3.82. The Balaban J connectivity index is 1.80. The summed E-state index contributed by atoms with van der Waals surface area (Å²) in [6.45, 7) is 10.7. The van der Waals surface area contributed by atoms with Crippen molar-refractivity contribution < 1.29 is 13.2 Å². The zero-order chi connectivity index (χ0) is 17.9. The van der Waals surface area contributed by atoms with Crippen LogP contribution in [0.2, 0.25) is 0 Å². The van der Waals surface area contributed by atoms with Gasteiger partial charge < -0.3 is 0 Å². The first-order chi connectivity index (χ1) is 11.0. The van der Waals surface area contributed by atoms with Crippen LogP contribution in [-0.2, 0) is 14.8 Å². The minimum atomic E-state index is -3.46. The number of amides is 1. The van der Waals surface area contributed by atoms with E-state index in [0.29, 0.717) is 11.8 Å². The van der Waals surface area contributed by atoms with Crippen LogP contribution >= 0.6 is 0 Å². The molecule has 1 heterocycles. The fourth-order valence-electron chi connectivity index (χ4n) is 5.75. The molecule has 0 N–H and O–H groups in total. The molecule has 1 amide bonds. The van der Waals surface area contributed by atoms with Gasteiger partial charge in [-0.25, -0.2) is 12.7 Å². The Morgan fingerprint density at radius 2 is 1.88 bits per heavy atom. The van der Waals surface area contributed by atoms with Crippen molar-refractivity contribution in [1.29, 1.82) is 0 Å². The van der Waals surface area contributed by atoms with Gasteiger partial charge in [0.05, 0.1) is 11.8 Å². The highest BCUT2D eigenvalue weighted by atomic mass is 32.2. The van der Waals surface area contributed by atoms with Gasteiger partial charge in [-0.15, -0.1) is 0 Å². The first kappa shape index (κ1) is 18.2. The van der Waals surface area contributed by atoms with Crippen molar-refractivity contribution in [2.75, 3.05) is 5.75 Å². The van der Waals surface area contributed by atoms with Gasteiger partial charge in [0.2, 0.25) is 15.9 Å². The third-order valence-electron chi connectivity index (χ3n) is 7.47. The number of hydrogen-bond donors (Lipinski definition) is 0. The van der Waals surface area contributed by atoms with Crippen LogP contribution in [0.1, 0.15) is 73.1 Å². The maximum Gasteiger partial charge on any atom is 0.239 e. The van der Waals surface area contributed by atoms with Crippen LogP contribution in [0.4, 0.5) is 0 Å². The largest absolute Gasteiger partial charge is 0.273 e. The lowest BCUT2D eigenvalue weighted by Crippen LogP contribution is -2.45. The van der Waals surface area contributed by atoms with Crippen LogP contribution in [0.3, 0.4) is 0 Å². The van der Waals surface area contributed by atoms with Gasteiger partial charge in [-0.05, 0) is 42.9 Å². The summed E-state index contributed by atoms with van der Waals surface area (Å²) in [6.07, 6.45) is 5.81. The van der Waals surface area contributed by atoms with Crippen LogP contribution in [0, 0.1) is 28.6 Å². The molecular weight excluding hydrogens is 322 g/mol. The molecule has 3 rings (SSSR count). The smallest absolute Gasteiger partial charge is 0.239 e. The molecule has 0 aromatic carbocycles. The van der Waals surface area contributed by atoms with Crippen molar-refractivity contribution in [2.45, 2.75) is 79.2 Å². The van der Waals surface area contributed by atoms with E-state index >= 15 is 0 Å². The molecule has 0 aromatic rings. The minimum Gasteiger partial charge on any atom is -0.273 e. The highest BCUT2D eigenvalue weighted by molar-refractivity contribution is 7.90. The normalized spacial score (nSPS) is 37.0. The Labute approximate surface area is 147 Å². The first-order valence-corrected chi connectivity index (χ1v) is 11.2. The molecule has 1 aliphatic heterocycles. The third-order valence-corrected chi connectivity index (χ3v) is 9.38. The number of rotatable bonds is 5. The Morgan fingerprint density at radius 1 is 1.21 bits per heavy atom. The number of carbonyl (C=O) groups excluding carboxylic acids is 1. The number of fused-ring (bicyclic) bond motifs is 1. The molecule has 0 radical (unpaired) electrons. The van der Waals surface area contributed by atoms with Crippen molar-refractivity contribution in [1.82, 2.24) is 4.31 Å². The minimum absolute atomic E-state index is 0.0284. The van der Waals surface area contributed by atoms with Crippen molar-refractivity contribution in [3.8, 4) is 0 Å². The van der Waals surface area contributed by atoms with Gasteiger partial charge in [0.15, 0.2) is 0 Å². The summed E-state index contributed by atoms with van der Waals surface area (Å²) in [5.74, 6) is 1.01. The number of sulfonamides is 1. The molecule has 1 saturated heterocycles. The topological polar surface area (TPSA) is 54.5 Å². The second kappa shape index (κ2) is 5.72. The van der Waals surface area contributed by atoms with Crippen molar-refractivity contribution in [2.24, 2.45) is 28.6 Å². The van der Waals surface area contributed by atoms with Gasteiger partial charge in [-0.2, -0.15) is 0 Å². The highest BCUT2D eigenvalue weighted by Gasteiger charge is 2.72. The van der Waals surface area contributed by atoms with Crippen molar-refractivity contribution in [3.63, 3.8) is 0 Å². The molecular formula is C19H33NO3S. The molecule has 2 saturated carbocycles. The number of nitrogens with zero attached hydrogens (tertiary/aromatic N) is 1. The fourth-order valence-corrected chi connectivity index (χ4v) is 8.38. The molecule has 2 bridgehead atoms. The predicted molar refractivity (Wildman–Crippen MR) is 95.8 cm³/mol. The Kier molecular flexibility index (Phi) is 4.34. The quantitative estimate of drug-likeness (QED) is 0.753. The molecule has 1 spiro atoms. The molecule has 3 aliphatic rings. The zero-order valence-corrected chi connectivity index (χ0v) is 16.7. The van der Waals surface area contributed by atoms with E-state index in [9.17, 15) is 13.2 Å². The van der Waals surface area contributed by atoms with Gasteiger partial charge in [-0.3, -0.25) is 4.79 Å². The molecule has 0 unspecified atom stereocenters. The monoisotopic (exact) mass is 355 g/mol. The molecule has 3 fully saturated rings. The maximum atomic E-state index is 13.0. The number of hydrogen-bond acceptors (Lipinski definition) is 3. The van der Waals surface area contributed by atoms with E-state index in [-0.39, 0.29) is 34.4 Å². The van der Waals surface area contributed by atoms with Crippen LogP contribution in [0.5, 0.6) is 0 Å². The SMILES string of the molecule is CC(C)CCC[C@H](C)C(=O)N1[C@@H]2C[C@H]3CC[C@]2(CS1(=O)=O)C3(C)C. The van der Waals surface area contributed by atoms with Crippen LogP contribution in [0.15, 0.2) is 0 Å². The standard InChI is InChI=1S/C19H33NO3S/c1-13(2)7-6-8-14(3)17(21)20-16-11-15-9-10-19(16,18(15,4)5)12-24(20,22)23/h13-16H,6-12H2,1-5H3/t14-,15+,16+,19+/m0/s1. The third kappa shape index (κ3) is 2.45. The van der Waals surface area contributed by atoms with Crippen LogP contribution in [-0.4, -0.2) is 30.4 Å². The van der Waals surface area contributed by atoms with Crippen LogP contribution < -0.4 is 0 Å². The van der Waals surface area contributed by atoms with Gasteiger partial charge in [-0.1, -0.05) is 47.5 Å². The van der Waals surface area contributed by atoms with E-state index in [1.54, 1.807) is 0 Å². The van der Waals surface area contributed by atoms with Gasteiger partial charge >= 0.3 is 0 Å². The highest BCUT2D eigenvalue weighted by Crippen LogP contribution is 2.70.